The van der Waals surface area contributed by atoms with Crippen molar-refractivity contribution in [2.45, 2.75) is 20.0 Å². The lowest BCUT2D eigenvalue weighted by molar-refractivity contribution is -0.121. The van der Waals surface area contributed by atoms with Crippen LogP contribution in [0.15, 0.2) is 42.5 Å². The lowest BCUT2D eigenvalue weighted by Crippen LogP contribution is -2.19. The van der Waals surface area contributed by atoms with Crippen LogP contribution in [0.4, 0.5) is 5.69 Å². The average Bonchev–Trinajstić information content (AvgIpc) is 2.56. The van der Waals surface area contributed by atoms with Crippen LogP contribution in [-0.4, -0.2) is 19.1 Å². The van der Waals surface area contributed by atoms with Crippen LogP contribution in [0.3, 0.4) is 0 Å². The van der Waals surface area contributed by atoms with Crippen molar-refractivity contribution in [3.05, 3.63) is 58.1 Å². The fourth-order valence-corrected chi connectivity index (χ4v) is 2.36. The van der Waals surface area contributed by atoms with Gasteiger partial charge in [0.15, 0.2) is 0 Å². The molecule has 4 nitrogen and oxygen atoms in total. The molecule has 2 aromatic carbocycles. The molecule has 1 amide bonds. The highest BCUT2D eigenvalue weighted by molar-refractivity contribution is 6.31. The van der Waals surface area contributed by atoms with E-state index in [1.807, 2.05) is 25.1 Å². The zero-order chi connectivity index (χ0) is 17.4. The highest BCUT2D eigenvalue weighted by Crippen LogP contribution is 2.28. The summed E-state index contributed by atoms with van der Waals surface area (Å²) in [6, 6.07) is 12.5. The van der Waals surface area contributed by atoms with Crippen molar-refractivity contribution in [3.8, 4) is 5.75 Å². The summed E-state index contributed by atoms with van der Waals surface area (Å²) in [6.07, 6.45) is 0.872. The largest absolute Gasteiger partial charge is 0.491 e. The van der Waals surface area contributed by atoms with Gasteiger partial charge >= 0.3 is 0 Å². The molecule has 0 aliphatic heterocycles. The lowest BCUT2D eigenvalue weighted by atomic mass is 10.2. The first kappa shape index (κ1) is 18.6. The summed E-state index contributed by atoms with van der Waals surface area (Å²) in [5, 5.41) is 3.89. The summed E-state index contributed by atoms with van der Waals surface area (Å²) >= 11 is 12.0. The summed E-state index contributed by atoms with van der Waals surface area (Å²) < 4.78 is 11.0. The molecular weight excluding hydrogens is 349 g/mol. The standard InChI is InChI=1S/C18H19Cl2NO3/c1-2-9-24-17-8-7-14(19)10-16(17)21-18(22)12-23-11-13-5-3-4-6-15(13)20/h3-8,10H,2,9,11-12H2,1H3,(H,21,22). The van der Waals surface area contributed by atoms with Gasteiger partial charge in [-0.2, -0.15) is 0 Å². The molecule has 0 aliphatic rings. The maximum atomic E-state index is 12.1. The Balaban J connectivity index is 1.90. The lowest BCUT2D eigenvalue weighted by Gasteiger charge is -2.13. The Hall–Kier alpha value is -1.75. The number of amides is 1. The molecule has 0 heterocycles. The Morgan fingerprint density at radius 1 is 1.17 bits per heavy atom. The van der Waals surface area contributed by atoms with E-state index in [1.54, 1.807) is 24.3 Å². The van der Waals surface area contributed by atoms with Crippen molar-refractivity contribution >= 4 is 34.8 Å². The number of anilines is 1. The minimum atomic E-state index is -0.286. The summed E-state index contributed by atoms with van der Waals surface area (Å²) in [4.78, 5) is 12.1. The first-order valence-electron chi connectivity index (χ1n) is 7.63. The second kappa shape index (κ2) is 9.52. The molecule has 0 aromatic heterocycles. The number of hydrogen-bond acceptors (Lipinski definition) is 3. The fourth-order valence-electron chi connectivity index (χ4n) is 1.99. The van der Waals surface area contributed by atoms with Crippen molar-refractivity contribution in [1.82, 2.24) is 0 Å². The van der Waals surface area contributed by atoms with Gasteiger partial charge in [-0.05, 0) is 36.2 Å². The van der Waals surface area contributed by atoms with Gasteiger partial charge in [0.2, 0.25) is 5.91 Å². The monoisotopic (exact) mass is 367 g/mol. The van der Waals surface area contributed by atoms with E-state index in [0.29, 0.717) is 28.1 Å². The third-order valence-electron chi connectivity index (χ3n) is 3.13. The molecule has 6 heteroatoms. The van der Waals surface area contributed by atoms with E-state index in [4.69, 9.17) is 32.7 Å². The fraction of sp³-hybridized carbons (Fsp3) is 0.278. The van der Waals surface area contributed by atoms with Gasteiger partial charge in [-0.15, -0.1) is 0 Å². The molecule has 0 saturated carbocycles. The molecule has 2 rings (SSSR count). The summed E-state index contributed by atoms with van der Waals surface area (Å²) in [5.74, 6) is 0.298. The smallest absolute Gasteiger partial charge is 0.250 e. The van der Waals surface area contributed by atoms with Crippen molar-refractivity contribution in [2.75, 3.05) is 18.5 Å². The van der Waals surface area contributed by atoms with Gasteiger partial charge in [0.05, 0.1) is 18.9 Å². The minimum Gasteiger partial charge on any atom is -0.491 e. The van der Waals surface area contributed by atoms with Crippen molar-refractivity contribution in [2.24, 2.45) is 0 Å². The molecule has 24 heavy (non-hydrogen) atoms. The summed E-state index contributed by atoms with van der Waals surface area (Å²) in [6.45, 7) is 2.75. The molecule has 0 fully saturated rings. The first-order valence-corrected chi connectivity index (χ1v) is 8.39. The van der Waals surface area contributed by atoms with E-state index in [0.717, 1.165) is 12.0 Å². The van der Waals surface area contributed by atoms with Crippen LogP contribution in [0.25, 0.3) is 0 Å². The Labute approximate surface area is 151 Å². The minimum absolute atomic E-state index is 0.0923. The van der Waals surface area contributed by atoms with E-state index in [-0.39, 0.29) is 19.1 Å². The molecule has 2 aromatic rings. The molecule has 0 atom stereocenters. The number of carbonyl (C=O) groups is 1. The molecule has 0 radical (unpaired) electrons. The predicted octanol–water partition coefficient (Wildman–Crippen LogP) is 4.94. The third-order valence-corrected chi connectivity index (χ3v) is 3.73. The SMILES string of the molecule is CCCOc1ccc(Cl)cc1NC(=O)COCc1ccccc1Cl. The van der Waals surface area contributed by atoms with Crippen molar-refractivity contribution < 1.29 is 14.3 Å². The topological polar surface area (TPSA) is 47.6 Å². The van der Waals surface area contributed by atoms with Crippen LogP contribution in [0, 0.1) is 0 Å². The van der Waals surface area contributed by atoms with E-state index < -0.39 is 0 Å². The number of rotatable bonds is 8. The average molecular weight is 368 g/mol. The third kappa shape index (κ3) is 5.71. The van der Waals surface area contributed by atoms with Crippen LogP contribution >= 0.6 is 23.2 Å². The zero-order valence-electron chi connectivity index (χ0n) is 13.4. The predicted molar refractivity (Wildman–Crippen MR) is 97.0 cm³/mol. The second-order valence-corrected chi connectivity index (χ2v) is 5.96. The Kier molecular flexibility index (Phi) is 7.37. The number of nitrogens with one attached hydrogen (secondary N) is 1. The first-order chi connectivity index (χ1) is 11.6. The van der Waals surface area contributed by atoms with Crippen LogP contribution in [0.1, 0.15) is 18.9 Å². The molecule has 1 N–H and O–H groups in total. The van der Waals surface area contributed by atoms with Crippen molar-refractivity contribution in [1.29, 1.82) is 0 Å². The normalized spacial score (nSPS) is 10.5. The molecular formula is C18H19Cl2NO3. The number of halogens is 2. The molecule has 0 saturated heterocycles. The Morgan fingerprint density at radius 3 is 2.71 bits per heavy atom. The van der Waals surface area contributed by atoms with Crippen LogP contribution in [-0.2, 0) is 16.1 Å². The van der Waals surface area contributed by atoms with Gasteiger partial charge in [0.1, 0.15) is 12.4 Å². The van der Waals surface area contributed by atoms with E-state index >= 15 is 0 Å². The number of carbonyl (C=O) groups excluding carboxylic acids is 1. The number of ether oxygens (including phenoxy) is 2. The van der Waals surface area contributed by atoms with Gasteiger partial charge in [-0.3, -0.25) is 4.79 Å². The maximum Gasteiger partial charge on any atom is 0.250 e. The summed E-state index contributed by atoms with van der Waals surface area (Å²) in [5.41, 5.74) is 1.36. The van der Waals surface area contributed by atoms with Crippen LogP contribution < -0.4 is 10.1 Å². The second-order valence-electron chi connectivity index (χ2n) is 5.12. The molecule has 0 spiro atoms. The Morgan fingerprint density at radius 2 is 1.96 bits per heavy atom. The van der Waals surface area contributed by atoms with Gasteiger partial charge in [0, 0.05) is 10.0 Å². The molecule has 0 unspecified atom stereocenters. The van der Waals surface area contributed by atoms with E-state index in [2.05, 4.69) is 5.32 Å². The van der Waals surface area contributed by atoms with E-state index in [1.165, 1.54) is 0 Å². The maximum absolute atomic E-state index is 12.1. The Bertz CT molecular complexity index is 692. The highest BCUT2D eigenvalue weighted by Gasteiger charge is 2.10. The quantitative estimate of drug-likeness (QED) is 0.718. The zero-order valence-corrected chi connectivity index (χ0v) is 14.9. The summed E-state index contributed by atoms with van der Waals surface area (Å²) in [7, 11) is 0. The van der Waals surface area contributed by atoms with Gasteiger partial charge in [-0.25, -0.2) is 0 Å². The van der Waals surface area contributed by atoms with Crippen LogP contribution in [0.5, 0.6) is 5.75 Å². The number of benzene rings is 2. The van der Waals surface area contributed by atoms with Gasteiger partial charge in [0.25, 0.3) is 0 Å². The van der Waals surface area contributed by atoms with Crippen LogP contribution in [0.2, 0.25) is 10.0 Å². The van der Waals surface area contributed by atoms with Crippen molar-refractivity contribution in [3.63, 3.8) is 0 Å². The highest BCUT2D eigenvalue weighted by atomic mass is 35.5. The molecule has 0 bridgehead atoms. The number of hydrogen-bond donors (Lipinski definition) is 1. The van der Waals surface area contributed by atoms with Gasteiger partial charge < -0.3 is 14.8 Å². The molecule has 128 valence electrons. The van der Waals surface area contributed by atoms with Gasteiger partial charge in [-0.1, -0.05) is 48.3 Å². The van der Waals surface area contributed by atoms with E-state index in [9.17, 15) is 4.79 Å². The molecule has 0 aliphatic carbocycles.